The van der Waals surface area contributed by atoms with Gasteiger partial charge in [0.2, 0.25) is 0 Å². The van der Waals surface area contributed by atoms with E-state index in [1.54, 1.807) is 6.92 Å². The monoisotopic (exact) mass is 369 g/mol. The van der Waals surface area contributed by atoms with Gasteiger partial charge in [-0.15, -0.1) is 0 Å². The number of hydrazone groups is 1. The van der Waals surface area contributed by atoms with Crippen LogP contribution in [-0.4, -0.2) is 24.3 Å². The van der Waals surface area contributed by atoms with E-state index in [0.717, 1.165) is 35.3 Å². The first kappa shape index (κ1) is 18.7. The van der Waals surface area contributed by atoms with Gasteiger partial charge >= 0.3 is 6.09 Å². The summed E-state index contributed by atoms with van der Waals surface area (Å²) >= 11 is 0. The van der Waals surface area contributed by atoms with Crippen LogP contribution in [0.3, 0.4) is 0 Å². The highest BCUT2D eigenvalue weighted by molar-refractivity contribution is 6.09. The van der Waals surface area contributed by atoms with Crippen LogP contribution < -0.4 is 10.7 Å². The molecule has 0 aliphatic heterocycles. The van der Waals surface area contributed by atoms with Crippen LogP contribution in [0.15, 0.2) is 33.8 Å². The first-order valence-electron chi connectivity index (χ1n) is 8.99. The van der Waals surface area contributed by atoms with Crippen molar-refractivity contribution in [2.45, 2.75) is 40.0 Å². The molecule has 0 spiro atoms. The zero-order valence-corrected chi connectivity index (χ0v) is 15.7. The number of nitrogens with zero attached hydrogens (tertiary/aromatic N) is 1. The van der Waals surface area contributed by atoms with Gasteiger partial charge in [0.1, 0.15) is 5.76 Å². The van der Waals surface area contributed by atoms with Crippen LogP contribution in [0.4, 0.5) is 10.5 Å². The maximum absolute atomic E-state index is 12.7. The summed E-state index contributed by atoms with van der Waals surface area (Å²) in [6, 6.07) is 7.56. The second-order valence-electron chi connectivity index (χ2n) is 6.42. The van der Waals surface area contributed by atoms with Gasteiger partial charge < -0.3 is 14.5 Å². The van der Waals surface area contributed by atoms with E-state index in [-0.39, 0.29) is 18.3 Å². The van der Waals surface area contributed by atoms with E-state index in [9.17, 15) is 9.59 Å². The molecule has 1 heterocycles. The van der Waals surface area contributed by atoms with Crippen LogP contribution in [0.2, 0.25) is 0 Å². The number of ether oxygens (including phenoxy) is 1. The van der Waals surface area contributed by atoms with E-state index < -0.39 is 6.09 Å². The Morgan fingerprint density at radius 1 is 1.19 bits per heavy atom. The Bertz CT molecular complexity index is 881. The molecule has 27 heavy (non-hydrogen) atoms. The second-order valence-corrected chi connectivity index (χ2v) is 6.42. The molecule has 0 fully saturated rings. The fourth-order valence-electron chi connectivity index (χ4n) is 3.10. The molecule has 7 heteroatoms. The Balaban J connectivity index is 1.83. The van der Waals surface area contributed by atoms with Crippen LogP contribution in [-0.2, 0) is 11.2 Å². The smallest absolute Gasteiger partial charge is 0.427 e. The molecule has 1 aromatic carbocycles. The van der Waals surface area contributed by atoms with Gasteiger partial charge in [-0.1, -0.05) is 17.7 Å². The third-order valence-corrected chi connectivity index (χ3v) is 4.40. The third kappa shape index (κ3) is 4.19. The van der Waals surface area contributed by atoms with Crippen molar-refractivity contribution in [3.05, 3.63) is 52.5 Å². The number of hydrogen-bond acceptors (Lipinski definition) is 5. The van der Waals surface area contributed by atoms with Crippen molar-refractivity contribution in [3.8, 4) is 0 Å². The number of carbonyl (C=O) groups is 2. The summed E-state index contributed by atoms with van der Waals surface area (Å²) in [5.74, 6) is 0.687. The number of amides is 2. The molecule has 2 N–H and O–H groups in total. The van der Waals surface area contributed by atoms with E-state index in [4.69, 9.17) is 9.15 Å². The van der Waals surface area contributed by atoms with Crippen molar-refractivity contribution >= 4 is 23.4 Å². The average molecular weight is 369 g/mol. The number of anilines is 1. The molecule has 0 saturated carbocycles. The molecular formula is C20H23N3O4. The fourth-order valence-corrected chi connectivity index (χ4v) is 3.10. The molecule has 142 valence electrons. The maximum atomic E-state index is 12.7. The highest BCUT2D eigenvalue weighted by Crippen LogP contribution is 2.30. The zero-order chi connectivity index (χ0) is 19.4. The van der Waals surface area contributed by atoms with Crippen molar-refractivity contribution in [1.82, 2.24) is 5.43 Å². The van der Waals surface area contributed by atoms with E-state index in [1.807, 2.05) is 38.1 Å². The summed E-state index contributed by atoms with van der Waals surface area (Å²) in [4.78, 5) is 24.2. The summed E-state index contributed by atoms with van der Waals surface area (Å²) in [5.41, 5.74) is 6.43. The molecule has 7 nitrogen and oxygen atoms in total. The molecule has 2 amide bonds. The number of aryl methyl sites for hydroxylation is 2. The van der Waals surface area contributed by atoms with Gasteiger partial charge in [-0.2, -0.15) is 5.10 Å². The van der Waals surface area contributed by atoms with E-state index in [0.29, 0.717) is 17.8 Å². The van der Waals surface area contributed by atoms with Crippen molar-refractivity contribution in [2.75, 3.05) is 11.9 Å². The topological polar surface area (TPSA) is 92.9 Å². The lowest BCUT2D eigenvalue weighted by molar-refractivity contribution is 0.0994. The van der Waals surface area contributed by atoms with Gasteiger partial charge in [0.15, 0.2) is 5.76 Å². The average Bonchev–Trinajstić information content (AvgIpc) is 3.00. The van der Waals surface area contributed by atoms with E-state index >= 15 is 0 Å². The van der Waals surface area contributed by atoms with Crippen molar-refractivity contribution < 1.29 is 18.7 Å². The standard InChI is InChI=1S/C20H23N3O4/c1-4-26-20(25)23-22-15-6-5-7-16-17(15)13(3)18(27-16)19(24)21-14-10-8-12(2)9-11-14/h8-11H,4-7H2,1-3H3,(H,21,24)(H,23,25)/b22-15+. The SMILES string of the molecule is CCOC(=O)N/N=C1\CCCc2oc(C(=O)Nc3ccc(C)cc3)c(C)c21. The summed E-state index contributed by atoms with van der Waals surface area (Å²) in [5, 5.41) is 7.03. The number of nitrogens with one attached hydrogen (secondary N) is 2. The number of furan rings is 1. The predicted octanol–water partition coefficient (Wildman–Crippen LogP) is 3.94. The molecule has 1 aromatic heterocycles. The summed E-state index contributed by atoms with van der Waals surface area (Å²) in [6.45, 7) is 5.82. The molecule has 0 atom stereocenters. The molecule has 3 rings (SSSR count). The molecule has 0 radical (unpaired) electrons. The largest absolute Gasteiger partial charge is 0.455 e. The van der Waals surface area contributed by atoms with Crippen LogP contribution in [0.5, 0.6) is 0 Å². The third-order valence-electron chi connectivity index (χ3n) is 4.40. The van der Waals surface area contributed by atoms with Crippen LogP contribution >= 0.6 is 0 Å². The highest BCUT2D eigenvalue weighted by Gasteiger charge is 2.28. The normalized spacial score (nSPS) is 14.6. The van der Waals surface area contributed by atoms with Crippen LogP contribution in [0.1, 0.15) is 52.8 Å². The first-order chi connectivity index (χ1) is 13.0. The fraction of sp³-hybridized carbons (Fsp3) is 0.350. The minimum Gasteiger partial charge on any atom is -0.455 e. The zero-order valence-electron chi connectivity index (χ0n) is 15.7. The molecule has 0 bridgehead atoms. The molecule has 2 aromatic rings. The lowest BCUT2D eigenvalue weighted by Gasteiger charge is -2.13. The number of rotatable bonds is 4. The van der Waals surface area contributed by atoms with Crippen molar-refractivity contribution in [3.63, 3.8) is 0 Å². The number of hydrogen-bond donors (Lipinski definition) is 2. The van der Waals surface area contributed by atoms with Gasteiger partial charge in [-0.3, -0.25) is 4.79 Å². The molecule has 1 aliphatic carbocycles. The summed E-state index contributed by atoms with van der Waals surface area (Å²) in [6.07, 6.45) is 1.66. The molecule has 1 aliphatic rings. The van der Waals surface area contributed by atoms with E-state index in [1.165, 1.54) is 0 Å². The van der Waals surface area contributed by atoms with Gasteiger partial charge in [0, 0.05) is 23.2 Å². The summed E-state index contributed by atoms with van der Waals surface area (Å²) in [7, 11) is 0. The quantitative estimate of drug-likeness (QED) is 0.799. The lowest BCUT2D eigenvalue weighted by atomic mass is 9.93. The van der Waals surface area contributed by atoms with Gasteiger partial charge in [0.25, 0.3) is 5.91 Å². The Kier molecular flexibility index (Phi) is 5.59. The van der Waals surface area contributed by atoms with E-state index in [2.05, 4.69) is 15.8 Å². The van der Waals surface area contributed by atoms with Crippen molar-refractivity contribution in [1.29, 1.82) is 0 Å². The van der Waals surface area contributed by atoms with Gasteiger partial charge in [-0.05, 0) is 45.7 Å². The number of carbonyl (C=O) groups excluding carboxylic acids is 2. The highest BCUT2D eigenvalue weighted by atomic mass is 16.5. The molecule has 0 unspecified atom stereocenters. The van der Waals surface area contributed by atoms with Crippen LogP contribution in [0, 0.1) is 13.8 Å². The number of fused-ring (bicyclic) bond motifs is 1. The molecule has 0 saturated heterocycles. The first-order valence-corrected chi connectivity index (χ1v) is 8.99. The lowest BCUT2D eigenvalue weighted by Crippen LogP contribution is -2.22. The Morgan fingerprint density at radius 3 is 2.63 bits per heavy atom. The minimum absolute atomic E-state index is 0.270. The second kappa shape index (κ2) is 8.07. The Morgan fingerprint density at radius 2 is 1.93 bits per heavy atom. The predicted molar refractivity (Wildman–Crippen MR) is 102 cm³/mol. The Labute approximate surface area is 157 Å². The molecular weight excluding hydrogens is 346 g/mol. The minimum atomic E-state index is -0.601. The van der Waals surface area contributed by atoms with Crippen molar-refractivity contribution in [2.24, 2.45) is 5.10 Å². The Hall–Kier alpha value is -3.09. The van der Waals surface area contributed by atoms with Gasteiger partial charge in [0.05, 0.1) is 12.3 Å². The number of benzene rings is 1. The maximum Gasteiger partial charge on any atom is 0.427 e. The van der Waals surface area contributed by atoms with Crippen LogP contribution in [0.25, 0.3) is 0 Å². The summed E-state index contributed by atoms with van der Waals surface area (Å²) < 4.78 is 10.7. The van der Waals surface area contributed by atoms with Gasteiger partial charge in [-0.25, -0.2) is 10.2 Å².